The second-order valence-corrected chi connectivity index (χ2v) is 6.64. The van der Waals surface area contributed by atoms with Crippen molar-refractivity contribution in [3.05, 3.63) is 27.4 Å². The zero-order chi connectivity index (χ0) is 18.6. The summed E-state index contributed by atoms with van der Waals surface area (Å²) < 4.78 is 5.03. The fourth-order valence-electron chi connectivity index (χ4n) is 3.35. The van der Waals surface area contributed by atoms with Crippen LogP contribution in [0.2, 0.25) is 0 Å². The number of carbonyl (C=O) groups excluding carboxylic acids is 1. The summed E-state index contributed by atoms with van der Waals surface area (Å²) >= 11 is 0. The number of aliphatic carboxylic acids is 1. The SMILES string of the molecule is COCC[C@]1(C(=O)O)CCCN(C(=O)Cc2c(C)nc(C)[nH]c2=O)C1. The van der Waals surface area contributed by atoms with E-state index in [-0.39, 0.29) is 24.4 Å². The van der Waals surface area contributed by atoms with E-state index in [0.717, 1.165) is 0 Å². The van der Waals surface area contributed by atoms with E-state index >= 15 is 0 Å². The predicted molar refractivity (Wildman–Crippen MR) is 90.4 cm³/mol. The molecule has 0 spiro atoms. The highest BCUT2D eigenvalue weighted by Gasteiger charge is 2.43. The highest BCUT2D eigenvalue weighted by atomic mass is 16.5. The highest BCUT2D eigenvalue weighted by molar-refractivity contribution is 5.81. The van der Waals surface area contributed by atoms with Crippen LogP contribution in [0.4, 0.5) is 0 Å². The van der Waals surface area contributed by atoms with Crippen molar-refractivity contribution in [1.29, 1.82) is 0 Å². The Hall–Kier alpha value is -2.22. The number of ether oxygens (including phenoxy) is 1. The van der Waals surface area contributed by atoms with Gasteiger partial charge in [-0.15, -0.1) is 0 Å². The maximum absolute atomic E-state index is 12.7. The molecule has 1 aliphatic heterocycles. The summed E-state index contributed by atoms with van der Waals surface area (Å²) in [7, 11) is 1.53. The van der Waals surface area contributed by atoms with E-state index in [0.29, 0.717) is 49.5 Å². The molecule has 1 atom stereocenters. The molecule has 0 bridgehead atoms. The minimum Gasteiger partial charge on any atom is -0.481 e. The normalized spacial score (nSPS) is 20.5. The fourth-order valence-corrected chi connectivity index (χ4v) is 3.35. The van der Waals surface area contributed by atoms with Gasteiger partial charge in [-0.25, -0.2) is 4.98 Å². The number of aromatic amines is 1. The van der Waals surface area contributed by atoms with Crippen molar-refractivity contribution in [3.63, 3.8) is 0 Å². The topological polar surface area (TPSA) is 113 Å². The van der Waals surface area contributed by atoms with E-state index in [1.807, 2.05) is 0 Å². The van der Waals surface area contributed by atoms with Crippen LogP contribution in [0.5, 0.6) is 0 Å². The van der Waals surface area contributed by atoms with Crippen LogP contribution in [0.1, 0.15) is 36.3 Å². The van der Waals surface area contributed by atoms with Gasteiger partial charge in [-0.05, 0) is 33.1 Å². The standard InChI is InChI=1S/C17H25N3O5/c1-11-13(15(22)19-12(2)18-11)9-14(21)20-7-4-5-17(10-20,16(23)24)6-8-25-3/h4-10H2,1-3H3,(H,23,24)(H,18,19,22)/t17-/m1/s1. The molecule has 1 saturated heterocycles. The number of aryl methyl sites for hydroxylation is 2. The number of nitrogens with zero attached hydrogens (tertiary/aromatic N) is 2. The fraction of sp³-hybridized carbons (Fsp3) is 0.647. The molecule has 2 N–H and O–H groups in total. The molecule has 1 aromatic rings. The van der Waals surface area contributed by atoms with Crippen LogP contribution in [0, 0.1) is 19.3 Å². The van der Waals surface area contributed by atoms with Crippen molar-refractivity contribution < 1.29 is 19.4 Å². The Morgan fingerprint density at radius 1 is 1.40 bits per heavy atom. The Balaban J connectivity index is 2.17. The molecule has 25 heavy (non-hydrogen) atoms. The molecular weight excluding hydrogens is 326 g/mol. The van der Waals surface area contributed by atoms with Crippen molar-refractivity contribution in [1.82, 2.24) is 14.9 Å². The molecule has 8 nitrogen and oxygen atoms in total. The molecule has 138 valence electrons. The summed E-state index contributed by atoms with van der Waals surface area (Å²) in [6, 6.07) is 0. The van der Waals surface area contributed by atoms with Crippen LogP contribution in [-0.4, -0.2) is 58.7 Å². The van der Waals surface area contributed by atoms with Crippen molar-refractivity contribution in [2.75, 3.05) is 26.8 Å². The highest BCUT2D eigenvalue weighted by Crippen LogP contribution is 2.34. The number of hydrogen-bond acceptors (Lipinski definition) is 5. The lowest BCUT2D eigenvalue weighted by atomic mass is 9.77. The number of nitrogens with one attached hydrogen (secondary N) is 1. The van der Waals surface area contributed by atoms with Gasteiger partial charge in [0, 0.05) is 38.1 Å². The van der Waals surface area contributed by atoms with Crippen LogP contribution >= 0.6 is 0 Å². The number of carbonyl (C=O) groups is 2. The van der Waals surface area contributed by atoms with E-state index in [1.54, 1.807) is 18.7 Å². The Kier molecular flexibility index (Phi) is 5.94. The largest absolute Gasteiger partial charge is 0.481 e. The van der Waals surface area contributed by atoms with Crippen LogP contribution in [0.25, 0.3) is 0 Å². The zero-order valence-electron chi connectivity index (χ0n) is 14.9. The smallest absolute Gasteiger partial charge is 0.311 e. The molecule has 2 rings (SSSR count). The van der Waals surface area contributed by atoms with Gasteiger partial charge < -0.3 is 19.7 Å². The van der Waals surface area contributed by atoms with Gasteiger partial charge in [0.25, 0.3) is 5.56 Å². The first-order valence-electron chi connectivity index (χ1n) is 8.35. The zero-order valence-corrected chi connectivity index (χ0v) is 14.9. The van der Waals surface area contributed by atoms with E-state index in [1.165, 1.54) is 7.11 Å². The first-order chi connectivity index (χ1) is 11.8. The van der Waals surface area contributed by atoms with Gasteiger partial charge >= 0.3 is 5.97 Å². The summed E-state index contributed by atoms with van der Waals surface area (Å²) in [5, 5.41) is 9.66. The van der Waals surface area contributed by atoms with Gasteiger partial charge in [0.2, 0.25) is 5.91 Å². The molecule has 0 unspecified atom stereocenters. The summed E-state index contributed by atoms with van der Waals surface area (Å²) in [6.07, 6.45) is 1.41. The molecule has 1 amide bonds. The van der Waals surface area contributed by atoms with E-state index in [2.05, 4.69) is 9.97 Å². The molecule has 1 aromatic heterocycles. The van der Waals surface area contributed by atoms with Gasteiger partial charge in [0.05, 0.1) is 11.8 Å². The summed E-state index contributed by atoms with van der Waals surface area (Å²) in [5.41, 5.74) is -0.453. The predicted octanol–water partition coefficient (Wildman–Crippen LogP) is 0.659. The van der Waals surface area contributed by atoms with Gasteiger partial charge in [0.15, 0.2) is 0 Å². The van der Waals surface area contributed by atoms with Crippen LogP contribution < -0.4 is 5.56 Å². The Morgan fingerprint density at radius 2 is 2.12 bits per heavy atom. The number of methoxy groups -OCH3 is 1. The maximum atomic E-state index is 12.7. The molecule has 0 aromatic carbocycles. The molecule has 1 aliphatic rings. The molecule has 2 heterocycles. The average molecular weight is 351 g/mol. The van der Waals surface area contributed by atoms with Gasteiger partial charge in [-0.3, -0.25) is 14.4 Å². The molecular formula is C17H25N3O5. The lowest BCUT2D eigenvalue weighted by Crippen LogP contribution is -2.51. The van der Waals surface area contributed by atoms with Crippen LogP contribution in [-0.2, 0) is 20.7 Å². The lowest BCUT2D eigenvalue weighted by Gasteiger charge is -2.40. The molecule has 0 radical (unpaired) electrons. The number of likely N-dealkylation sites (tertiary alicyclic amines) is 1. The minimum atomic E-state index is -0.989. The molecule has 1 fully saturated rings. The Bertz CT molecular complexity index is 715. The number of rotatable bonds is 6. The van der Waals surface area contributed by atoms with Crippen molar-refractivity contribution >= 4 is 11.9 Å². The van der Waals surface area contributed by atoms with Gasteiger partial charge in [0.1, 0.15) is 5.82 Å². The van der Waals surface area contributed by atoms with E-state index in [4.69, 9.17) is 4.74 Å². The number of H-pyrrole nitrogens is 1. The monoisotopic (exact) mass is 351 g/mol. The van der Waals surface area contributed by atoms with Gasteiger partial charge in [-0.1, -0.05) is 0 Å². The third-order valence-corrected chi connectivity index (χ3v) is 4.84. The number of carboxylic acids is 1. The molecule has 8 heteroatoms. The number of aromatic nitrogens is 2. The minimum absolute atomic E-state index is 0.0750. The Morgan fingerprint density at radius 3 is 2.72 bits per heavy atom. The first-order valence-corrected chi connectivity index (χ1v) is 8.35. The quantitative estimate of drug-likeness (QED) is 0.778. The van der Waals surface area contributed by atoms with E-state index in [9.17, 15) is 19.5 Å². The van der Waals surface area contributed by atoms with Gasteiger partial charge in [-0.2, -0.15) is 0 Å². The third-order valence-electron chi connectivity index (χ3n) is 4.84. The van der Waals surface area contributed by atoms with E-state index < -0.39 is 11.4 Å². The molecule has 0 aliphatic carbocycles. The lowest BCUT2D eigenvalue weighted by molar-refractivity contribution is -0.156. The number of piperidine rings is 1. The van der Waals surface area contributed by atoms with Crippen LogP contribution in [0.3, 0.4) is 0 Å². The summed E-state index contributed by atoms with van der Waals surface area (Å²) in [5.74, 6) is -0.656. The van der Waals surface area contributed by atoms with Crippen molar-refractivity contribution in [3.8, 4) is 0 Å². The second kappa shape index (κ2) is 7.77. The maximum Gasteiger partial charge on any atom is 0.311 e. The third kappa shape index (κ3) is 4.25. The number of hydrogen-bond donors (Lipinski definition) is 2. The second-order valence-electron chi connectivity index (χ2n) is 6.64. The Labute approximate surface area is 146 Å². The number of amides is 1. The summed E-state index contributed by atoms with van der Waals surface area (Å²) in [6.45, 7) is 4.34. The number of carboxylic acid groups (broad SMARTS) is 1. The first kappa shape index (κ1) is 19.1. The summed E-state index contributed by atoms with van der Waals surface area (Å²) in [4.78, 5) is 44.9. The van der Waals surface area contributed by atoms with Crippen molar-refractivity contribution in [2.45, 2.75) is 39.5 Å². The molecule has 0 saturated carbocycles. The van der Waals surface area contributed by atoms with Crippen molar-refractivity contribution in [2.24, 2.45) is 5.41 Å². The average Bonchev–Trinajstić information content (AvgIpc) is 2.56. The van der Waals surface area contributed by atoms with Crippen LogP contribution in [0.15, 0.2) is 4.79 Å².